The van der Waals surface area contributed by atoms with E-state index in [0.717, 1.165) is 4.90 Å². The number of nitrogens with one attached hydrogen (secondary N) is 15. The number of phenolic OH excluding ortho intramolecular Hbond substituents is 1. The van der Waals surface area contributed by atoms with Gasteiger partial charge < -0.3 is 154 Å². The van der Waals surface area contributed by atoms with Crippen molar-refractivity contribution in [2.24, 2.45) is 56.2 Å². The molecule has 144 heavy (non-hydrogen) atoms. The number of phenols is 1. The van der Waals surface area contributed by atoms with Gasteiger partial charge in [0.25, 0.3) is 0 Å². The number of nitrogens with zero attached hydrogens (tertiary/aromatic N) is 5. The Morgan fingerprint density at radius 2 is 0.806 bits per heavy atom. The lowest BCUT2D eigenvalue weighted by Crippen LogP contribution is -2.62. The van der Waals surface area contributed by atoms with Gasteiger partial charge in [0.05, 0.1) is 37.9 Å². The largest absolute Gasteiger partial charge is 0.508 e. The van der Waals surface area contributed by atoms with Crippen molar-refractivity contribution >= 4 is 144 Å². The fourth-order valence-corrected chi connectivity index (χ4v) is 16.2. The maximum atomic E-state index is 15.0. The summed E-state index contributed by atoms with van der Waals surface area (Å²) < 4.78 is 0. The molecule has 3 aromatic carbocycles. The van der Waals surface area contributed by atoms with Crippen LogP contribution in [0, 0.1) is 11.8 Å². The van der Waals surface area contributed by atoms with Crippen molar-refractivity contribution in [2.75, 3.05) is 64.1 Å². The number of rotatable bonds is 62. The summed E-state index contributed by atoms with van der Waals surface area (Å²) in [5.41, 5.74) is 35.8. The molecule has 0 aliphatic carbocycles. The van der Waals surface area contributed by atoms with E-state index in [2.05, 4.69) is 120 Å². The summed E-state index contributed by atoms with van der Waals surface area (Å²) in [5, 5.41) is 96.6. The number of carbonyl (C=O) groups excluding carboxylic acids is 16. The molecule has 2 aliphatic heterocycles. The van der Waals surface area contributed by atoms with Crippen molar-refractivity contribution in [1.82, 2.24) is 94.2 Å². The number of carboxylic acid groups (broad SMARTS) is 2. The molecular formula is C92H138N26O24S2. The summed E-state index contributed by atoms with van der Waals surface area (Å²) in [6, 6.07) is -4.68. The fourth-order valence-electron chi connectivity index (χ4n) is 15.7. The summed E-state index contributed by atoms with van der Waals surface area (Å²) in [7, 11) is 0. The Morgan fingerprint density at radius 3 is 1.21 bits per heavy atom. The van der Waals surface area contributed by atoms with Gasteiger partial charge in [-0.3, -0.25) is 91.5 Å². The molecule has 16 amide bonds. The van der Waals surface area contributed by atoms with Crippen LogP contribution in [-0.4, -0.2) is 336 Å². The second-order valence-electron chi connectivity index (χ2n) is 35.5. The van der Waals surface area contributed by atoms with Gasteiger partial charge >= 0.3 is 11.9 Å². The number of nitrogens with two attached hydrogens (primary N) is 6. The van der Waals surface area contributed by atoms with Crippen molar-refractivity contribution in [3.8, 4) is 5.75 Å². The second-order valence-corrected chi connectivity index (χ2v) is 36.3. The Labute approximate surface area is 842 Å². The Balaban J connectivity index is 1.18. The third-order valence-electron chi connectivity index (χ3n) is 23.5. The third-order valence-corrected chi connectivity index (χ3v) is 24.2. The molecule has 17 atom stereocenters. The highest BCUT2D eigenvalue weighted by Gasteiger charge is 2.44. The highest BCUT2D eigenvalue weighted by atomic mass is 32.1. The molecule has 50 nitrogen and oxygen atoms in total. The number of carbonyl (C=O) groups is 18. The summed E-state index contributed by atoms with van der Waals surface area (Å²) in [6.07, 6.45) is 1.76. The van der Waals surface area contributed by atoms with Gasteiger partial charge in [0.15, 0.2) is 11.9 Å². The zero-order chi connectivity index (χ0) is 106. The first-order valence-corrected chi connectivity index (χ1v) is 48.6. The van der Waals surface area contributed by atoms with E-state index in [1.807, 2.05) is 0 Å². The standard InChI is InChI=1S/C92H138N26O24S2/c1-49(2)37-60(106-82(133)67(45-121)113-87(138)73(50(3)4)116-86(137)71-25-15-35-117(71)88(139)56(94)21-11-12-32-93)77(128)112-65(43-119)81(132)109-63(40-53-26-28-55(122)29-27-53)78(129)103-58(23-14-34-101-92(97)98)75(126)115-69(47-144)89(140)118-36-16-24-70(118)85(136)114-68(46-143)84(135)104-57(22-13-33-100-91(95)96)74(125)107-62(39-52-19-9-6-10-20-52)80(131)108-61(38-51-17-7-5-8-18-51)79(130)105-59(30-31-72(123)124)76(127)111-66(44-120)83(134)110-64(90(141)142)41-54-42-99-48-102-54/h5-10,17-20,26-29,42,48-50,56-71,73,119-122,143-144H,11-16,21-25,30-41,43-47,93-94H2,1-4H3,(H,99,102)(H,103,129)(H,104,135)(H,105,130)(H,106,133)(H,107,125)(H,108,131)(H,109,132)(H,110,134)(H,111,127)(H,112,128)(H,113,138)(H,114,136)(H,115,126)(H,116,137)(H,123,124)(H,141,142)(H4,95,96,100)(H4,97,98,101). The zero-order valence-electron chi connectivity index (χ0n) is 80.6. The highest BCUT2D eigenvalue weighted by Crippen LogP contribution is 2.24. The Hall–Kier alpha value is -13.8. The van der Waals surface area contributed by atoms with Crippen molar-refractivity contribution in [3.63, 3.8) is 0 Å². The molecule has 4 aromatic rings. The van der Waals surface area contributed by atoms with E-state index in [9.17, 15) is 112 Å². The van der Waals surface area contributed by atoms with E-state index >= 15 is 4.79 Å². The molecule has 2 aliphatic rings. The monoisotopic (exact) mass is 2050 g/mol. The van der Waals surface area contributed by atoms with Crippen molar-refractivity contribution in [2.45, 2.75) is 246 Å². The summed E-state index contributed by atoms with van der Waals surface area (Å²) >= 11 is 8.79. The molecule has 2 saturated heterocycles. The van der Waals surface area contributed by atoms with Crippen LogP contribution in [-0.2, 0) is 112 Å². The second kappa shape index (κ2) is 61.2. The number of hydrogen-bond donors (Lipinski definition) is 29. The number of thiol groups is 2. The SMILES string of the molecule is CC(C)CC(NC(=O)C(CO)NC(=O)C(NC(=O)C1CCCN1C(=O)C(N)CCCCN)C(C)C)C(=O)NC(CO)C(=O)NC(Cc1ccc(O)cc1)C(=O)NC(CCCN=C(N)N)C(=O)NC(CS)C(=O)N1CCCC1C(=O)NC(CS)C(=O)NC(CCCN=C(N)N)C(=O)NC(Cc1ccccc1)C(=O)NC(Cc1ccccc1)C(=O)NC(CCC(=O)O)C(=O)NC(CO)C(=O)NC(Cc1c[nH]cn1)C(=O)O. The highest BCUT2D eigenvalue weighted by molar-refractivity contribution is 7.80. The fraction of sp³-hybridized carbons (Fsp3) is 0.554. The predicted molar refractivity (Wildman–Crippen MR) is 529 cm³/mol. The molecule has 1 aromatic heterocycles. The van der Waals surface area contributed by atoms with Gasteiger partial charge in [-0.15, -0.1) is 0 Å². The number of aliphatic hydroxyl groups excluding tert-OH is 3. The lowest BCUT2D eigenvalue weighted by Gasteiger charge is -2.30. The number of aliphatic hydroxyl groups is 3. The summed E-state index contributed by atoms with van der Waals surface area (Å²) in [5.74, 6) is -21.4. The first-order valence-electron chi connectivity index (χ1n) is 47.3. The molecular weight excluding hydrogens is 1920 g/mol. The van der Waals surface area contributed by atoms with Gasteiger partial charge in [-0.1, -0.05) is 107 Å². The molecule has 2 fully saturated rings. The average molecular weight is 2060 g/mol. The van der Waals surface area contributed by atoms with Crippen LogP contribution in [0.3, 0.4) is 0 Å². The maximum Gasteiger partial charge on any atom is 0.326 e. The number of aliphatic imine (C=N–C) groups is 2. The summed E-state index contributed by atoms with van der Waals surface area (Å²) in [6.45, 7) is 3.68. The predicted octanol–water partition coefficient (Wildman–Crippen LogP) is -7.79. The van der Waals surface area contributed by atoms with Gasteiger partial charge in [-0.25, -0.2) is 9.78 Å². The molecule has 52 heteroatoms. The first-order chi connectivity index (χ1) is 68.5. The maximum absolute atomic E-state index is 15.0. The number of aromatic amines is 1. The van der Waals surface area contributed by atoms with E-state index in [1.165, 1.54) is 41.7 Å². The molecule has 792 valence electrons. The molecule has 0 saturated carbocycles. The number of hydrogen-bond acceptors (Lipinski definition) is 29. The van der Waals surface area contributed by atoms with Crippen molar-refractivity contribution < 1.29 is 117 Å². The van der Waals surface area contributed by atoms with Gasteiger partial charge in [0.1, 0.15) is 102 Å². The minimum Gasteiger partial charge on any atom is -0.508 e. The van der Waals surface area contributed by atoms with Crippen LogP contribution in [0.25, 0.3) is 0 Å². The number of aromatic hydroxyl groups is 1. The van der Waals surface area contributed by atoms with Crippen LogP contribution in [0.2, 0.25) is 0 Å². The van der Waals surface area contributed by atoms with E-state index in [-0.39, 0.29) is 126 Å². The topological polar surface area (TPSA) is 813 Å². The lowest BCUT2D eigenvalue weighted by atomic mass is 10.0. The number of carboxylic acids is 2. The van der Waals surface area contributed by atoms with E-state index in [1.54, 1.807) is 88.4 Å². The molecule has 0 spiro atoms. The Morgan fingerprint density at radius 1 is 0.431 bits per heavy atom. The number of unbranched alkanes of at least 4 members (excludes halogenated alkanes) is 1. The Bertz CT molecular complexity index is 5010. The number of aliphatic carboxylic acids is 2. The number of imidazole rings is 1. The lowest BCUT2D eigenvalue weighted by molar-refractivity contribution is -0.142. The van der Waals surface area contributed by atoms with Crippen LogP contribution in [0.1, 0.15) is 140 Å². The van der Waals surface area contributed by atoms with Gasteiger partial charge in [-0.05, 0) is 124 Å². The van der Waals surface area contributed by atoms with E-state index in [0.29, 0.717) is 48.9 Å². The van der Waals surface area contributed by atoms with Crippen LogP contribution in [0.5, 0.6) is 5.75 Å². The van der Waals surface area contributed by atoms with E-state index < -0.39 is 266 Å². The van der Waals surface area contributed by atoms with Gasteiger partial charge in [-0.2, -0.15) is 25.3 Å². The number of likely N-dealkylation sites (tertiary alicyclic amines) is 2. The minimum atomic E-state index is -1.89. The third kappa shape index (κ3) is 39.5. The molecule has 0 bridgehead atoms. The average Bonchev–Trinajstić information content (AvgIpc) is 1.61. The zero-order valence-corrected chi connectivity index (χ0v) is 82.4. The number of aromatic nitrogens is 2. The van der Waals surface area contributed by atoms with Gasteiger partial charge in [0, 0.05) is 76.0 Å². The quantitative estimate of drug-likeness (QED) is 0.00845. The molecule has 33 N–H and O–H groups in total. The van der Waals surface area contributed by atoms with Gasteiger partial charge in [0.2, 0.25) is 94.5 Å². The molecule has 3 heterocycles. The molecule has 6 rings (SSSR count). The van der Waals surface area contributed by atoms with Crippen LogP contribution in [0.4, 0.5) is 0 Å². The smallest absolute Gasteiger partial charge is 0.326 e. The minimum absolute atomic E-state index is 0.0111. The summed E-state index contributed by atoms with van der Waals surface area (Å²) in [4.78, 5) is 271. The van der Waals surface area contributed by atoms with Crippen molar-refractivity contribution in [3.05, 3.63) is 120 Å². The number of amides is 16. The Kier molecular flexibility index (Phi) is 50.5. The molecule has 0 radical (unpaired) electrons. The molecule has 17 unspecified atom stereocenters. The first kappa shape index (κ1) is 119. The normalized spacial score (nSPS) is 16.4. The van der Waals surface area contributed by atoms with Crippen LogP contribution in [0.15, 0.2) is 107 Å². The van der Waals surface area contributed by atoms with Crippen LogP contribution >= 0.6 is 25.3 Å². The number of guanidine groups is 2. The number of H-pyrrole nitrogens is 1. The van der Waals surface area contributed by atoms with Crippen molar-refractivity contribution in [1.29, 1.82) is 0 Å². The van der Waals surface area contributed by atoms with Crippen LogP contribution < -0.4 is 109 Å². The number of benzene rings is 3. The van der Waals surface area contributed by atoms with E-state index in [4.69, 9.17) is 34.4 Å².